The van der Waals surface area contributed by atoms with Gasteiger partial charge in [0, 0.05) is 6.54 Å². The van der Waals surface area contributed by atoms with Gasteiger partial charge in [-0.05, 0) is 59.2 Å². The fourth-order valence-corrected chi connectivity index (χ4v) is 3.76. The molecule has 1 heterocycles. The molecule has 118 valence electrons. The summed E-state index contributed by atoms with van der Waals surface area (Å²) in [6.07, 6.45) is 8.47. The Morgan fingerprint density at radius 3 is 2.96 bits per heavy atom. The number of hydrogen-bond acceptors (Lipinski definition) is 4. The molecule has 23 heavy (non-hydrogen) atoms. The second-order valence-corrected chi connectivity index (χ2v) is 6.58. The van der Waals surface area contributed by atoms with Crippen molar-refractivity contribution in [2.24, 2.45) is 17.8 Å². The summed E-state index contributed by atoms with van der Waals surface area (Å²) < 4.78 is 1.49. The first-order valence-electron chi connectivity index (χ1n) is 7.70. The van der Waals surface area contributed by atoms with Crippen LogP contribution >= 0.6 is 11.6 Å². The zero-order valence-corrected chi connectivity index (χ0v) is 13.1. The molecule has 1 N–H and O–H groups in total. The third kappa shape index (κ3) is 2.74. The number of nitrogens with one attached hydrogen (secondary N) is 1. The van der Waals surface area contributed by atoms with Crippen molar-refractivity contribution in [1.82, 2.24) is 25.5 Å². The molecule has 1 fully saturated rings. The van der Waals surface area contributed by atoms with Crippen LogP contribution in [0.1, 0.15) is 23.2 Å². The summed E-state index contributed by atoms with van der Waals surface area (Å²) in [6, 6.07) is 5.17. The van der Waals surface area contributed by atoms with E-state index in [1.165, 1.54) is 23.9 Å². The average molecular weight is 330 g/mol. The van der Waals surface area contributed by atoms with Gasteiger partial charge < -0.3 is 5.32 Å². The first-order valence-corrected chi connectivity index (χ1v) is 8.08. The number of halogens is 1. The van der Waals surface area contributed by atoms with Crippen molar-refractivity contribution in [3.8, 4) is 5.69 Å². The molecule has 4 rings (SSSR count). The molecule has 1 saturated carbocycles. The smallest absolute Gasteiger partial charge is 0.252 e. The van der Waals surface area contributed by atoms with Crippen molar-refractivity contribution >= 4 is 17.5 Å². The fourth-order valence-electron chi connectivity index (χ4n) is 3.56. The third-order valence-electron chi connectivity index (χ3n) is 4.75. The number of aromatic nitrogens is 4. The van der Waals surface area contributed by atoms with Crippen molar-refractivity contribution in [2.45, 2.75) is 12.8 Å². The molecule has 1 aromatic carbocycles. The lowest BCUT2D eigenvalue weighted by molar-refractivity contribution is 0.0945. The van der Waals surface area contributed by atoms with Gasteiger partial charge in [0.2, 0.25) is 0 Å². The summed E-state index contributed by atoms with van der Waals surface area (Å²) in [7, 11) is 0. The maximum Gasteiger partial charge on any atom is 0.252 e. The molecule has 0 aliphatic heterocycles. The molecule has 0 saturated heterocycles. The van der Waals surface area contributed by atoms with Crippen molar-refractivity contribution in [2.75, 3.05) is 6.54 Å². The SMILES string of the molecule is O=C(NC[C@@H]1C[C@H]2C=C[C@@H]1C2)c1cc(-n2cnnn2)ccc1Cl. The molecule has 0 radical (unpaired) electrons. The zero-order valence-electron chi connectivity index (χ0n) is 12.4. The summed E-state index contributed by atoms with van der Waals surface area (Å²) in [5.41, 5.74) is 1.14. The Morgan fingerprint density at radius 1 is 1.35 bits per heavy atom. The van der Waals surface area contributed by atoms with Gasteiger partial charge in [0.15, 0.2) is 0 Å². The molecule has 0 spiro atoms. The van der Waals surface area contributed by atoms with E-state index in [1.807, 2.05) is 0 Å². The molecule has 2 bridgehead atoms. The number of fused-ring (bicyclic) bond motifs is 2. The number of nitrogens with zero attached hydrogens (tertiary/aromatic N) is 4. The molecule has 2 aliphatic rings. The number of amides is 1. The Hall–Kier alpha value is -2.21. The highest BCUT2D eigenvalue weighted by Crippen LogP contribution is 2.42. The summed E-state index contributed by atoms with van der Waals surface area (Å²) in [5, 5.41) is 14.5. The monoisotopic (exact) mass is 329 g/mol. The minimum absolute atomic E-state index is 0.156. The lowest BCUT2D eigenvalue weighted by Gasteiger charge is -2.18. The number of benzene rings is 1. The van der Waals surface area contributed by atoms with E-state index in [2.05, 4.69) is 33.0 Å². The maximum absolute atomic E-state index is 12.5. The van der Waals surface area contributed by atoms with Crippen molar-refractivity contribution in [3.05, 3.63) is 47.3 Å². The Morgan fingerprint density at radius 2 is 2.26 bits per heavy atom. The van der Waals surface area contributed by atoms with E-state index < -0.39 is 0 Å². The molecule has 6 nitrogen and oxygen atoms in total. The highest BCUT2D eigenvalue weighted by Gasteiger charge is 2.35. The van der Waals surface area contributed by atoms with Crippen LogP contribution in [0.15, 0.2) is 36.7 Å². The van der Waals surface area contributed by atoms with Crippen LogP contribution in [0.2, 0.25) is 5.02 Å². The number of tetrazole rings is 1. The lowest BCUT2D eigenvalue weighted by Crippen LogP contribution is -2.31. The predicted octanol–water partition coefficient (Wildman–Crippen LogP) is 2.26. The van der Waals surface area contributed by atoms with E-state index in [4.69, 9.17) is 11.6 Å². The molecule has 2 aromatic rings. The first kappa shape index (κ1) is 14.4. The Kier molecular flexibility index (Phi) is 3.61. The van der Waals surface area contributed by atoms with Crippen LogP contribution in [-0.4, -0.2) is 32.7 Å². The van der Waals surface area contributed by atoms with Crippen molar-refractivity contribution < 1.29 is 4.79 Å². The molecule has 0 unspecified atom stereocenters. The van der Waals surface area contributed by atoms with E-state index >= 15 is 0 Å². The van der Waals surface area contributed by atoms with Crippen LogP contribution in [-0.2, 0) is 0 Å². The second kappa shape index (κ2) is 5.77. The number of hydrogen-bond donors (Lipinski definition) is 1. The topological polar surface area (TPSA) is 72.7 Å². The number of rotatable bonds is 4. The Labute approximate surface area is 138 Å². The molecule has 2 aliphatic carbocycles. The van der Waals surface area contributed by atoms with Crippen LogP contribution in [0.25, 0.3) is 5.69 Å². The average Bonchev–Trinajstić information content (AvgIpc) is 3.30. The summed E-state index contributed by atoms with van der Waals surface area (Å²) in [5.74, 6) is 1.70. The minimum Gasteiger partial charge on any atom is -0.352 e. The fraction of sp³-hybridized carbons (Fsp3) is 0.375. The Balaban J connectivity index is 1.47. The van der Waals surface area contributed by atoms with E-state index in [1.54, 1.807) is 18.2 Å². The van der Waals surface area contributed by atoms with Gasteiger partial charge in [0.25, 0.3) is 5.91 Å². The van der Waals surface area contributed by atoms with Gasteiger partial charge in [-0.3, -0.25) is 4.79 Å². The van der Waals surface area contributed by atoms with Gasteiger partial charge in [0.05, 0.1) is 16.3 Å². The summed E-state index contributed by atoms with van der Waals surface area (Å²) >= 11 is 6.18. The molecule has 7 heteroatoms. The van der Waals surface area contributed by atoms with Gasteiger partial charge in [-0.15, -0.1) is 5.10 Å². The van der Waals surface area contributed by atoms with Gasteiger partial charge in [-0.2, -0.15) is 0 Å². The summed E-state index contributed by atoms with van der Waals surface area (Å²) in [6.45, 7) is 0.690. The van der Waals surface area contributed by atoms with Gasteiger partial charge >= 0.3 is 0 Å². The van der Waals surface area contributed by atoms with E-state index in [9.17, 15) is 4.79 Å². The maximum atomic E-state index is 12.5. The molecule has 1 aromatic heterocycles. The van der Waals surface area contributed by atoms with Gasteiger partial charge in [0.1, 0.15) is 6.33 Å². The highest BCUT2D eigenvalue weighted by molar-refractivity contribution is 6.33. The van der Waals surface area contributed by atoms with Crippen LogP contribution in [0.3, 0.4) is 0 Å². The minimum atomic E-state index is -0.156. The highest BCUT2D eigenvalue weighted by atomic mass is 35.5. The van der Waals surface area contributed by atoms with Crippen LogP contribution in [0.5, 0.6) is 0 Å². The normalized spacial score (nSPS) is 25.0. The van der Waals surface area contributed by atoms with Crippen LogP contribution in [0.4, 0.5) is 0 Å². The van der Waals surface area contributed by atoms with Gasteiger partial charge in [-0.25, -0.2) is 4.68 Å². The number of allylic oxidation sites excluding steroid dienone is 2. The number of carbonyl (C=O) groups is 1. The molecular weight excluding hydrogens is 314 g/mol. The number of carbonyl (C=O) groups excluding carboxylic acids is 1. The van der Waals surface area contributed by atoms with E-state index in [0.717, 1.165) is 0 Å². The lowest BCUT2D eigenvalue weighted by atomic mass is 9.93. The molecule has 1 amide bonds. The zero-order chi connectivity index (χ0) is 15.8. The quantitative estimate of drug-likeness (QED) is 0.873. The summed E-state index contributed by atoms with van der Waals surface area (Å²) in [4.78, 5) is 12.5. The van der Waals surface area contributed by atoms with Crippen LogP contribution in [0, 0.1) is 17.8 Å². The third-order valence-corrected chi connectivity index (χ3v) is 5.08. The first-order chi connectivity index (χ1) is 11.2. The molecular formula is C16H16ClN5O. The second-order valence-electron chi connectivity index (χ2n) is 6.17. The largest absolute Gasteiger partial charge is 0.352 e. The van der Waals surface area contributed by atoms with Crippen LogP contribution < -0.4 is 5.32 Å². The van der Waals surface area contributed by atoms with Gasteiger partial charge in [-0.1, -0.05) is 23.8 Å². The van der Waals surface area contributed by atoms with E-state index in [-0.39, 0.29) is 5.91 Å². The molecule has 3 atom stereocenters. The van der Waals surface area contributed by atoms with E-state index in [0.29, 0.717) is 40.6 Å². The predicted molar refractivity (Wildman–Crippen MR) is 85.3 cm³/mol. The van der Waals surface area contributed by atoms with Crippen molar-refractivity contribution in [3.63, 3.8) is 0 Å². The Bertz CT molecular complexity index is 758. The van der Waals surface area contributed by atoms with Crippen molar-refractivity contribution in [1.29, 1.82) is 0 Å². The standard InChI is InChI=1S/C16H16ClN5O/c17-15-4-3-13(22-9-19-20-21-22)7-14(15)16(23)18-8-12-6-10-1-2-11(12)5-10/h1-4,7,9-12H,5-6,8H2,(H,18,23)/t10-,11+,12-/m0/s1.